The monoisotopic (exact) mass is 354 g/mol. The van der Waals surface area contributed by atoms with E-state index >= 15 is 0 Å². The summed E-state index contributed by atoms with van der Waals surface area (Å²) in [4.78, 5) is 11.0. The maximum absolute atomic E-state index is 5.93. The molecule has 0 unspecified atom stereocenters. The van der Waals surface area contributed by atoms with Crippen LogP contribution in [0.1, 0.15) is 50.3 Å². The first-order chi connectivity index (χ1) is 11.7. The molecule has 6 heteroatoms. The van der Waals surface area contributed by atoms with Gasteiger partial charge in [0.2, 0.25) is 5.28 Å². The lowest BCUT2D eigenvalue weighted by molar-refractivity contribution is 0.198. The molecular formula is C18H31ClN4O. The molecule has 0 amide bonds. The second-order valence-corrected chi connectivity index (χ2v) is 6.75. The number of nitrogens with zero attached hydrogens (tertiary/aromatic N) is 3. The molecule has 0 spiro atoms. The van der Waals surface area contributed by atoms with Crippen molar-refractivity contribution in [1.29, 1.82) is 0 Å². The van der Waals surface area contributed by atoms with E-state index in [9.17, 15) is 0 Å². The summed E-state index contributed by atoms with van der Waals surface area (Å²) in [6.45, 7) is 10.7. The Morgan fingerprint density at radius 1 is 1.12 bits per heavy atom. The van der Waals surface area contributed by atoms with Gasteiger partial charge >= 0.3 is 0 Å². The molecule has 1 aromatic rings. The van der Waals surface area contributed by atoms with E-state index in [1.165, 1.54) is 50.9 Å². The van der Waals surface area contributed by atoms with Crippen LogP contribution >= 0.6 is 11.6 Å². The molecule has 136 valence electrons. The van der Waals surface area contributed by atoms with Crippen LogP contribution in [0.5, 0.6) is 0 Å². The van der Waals surface area contributed by atoms with Crippen LogP contribution in [0.25, 0.3) is 0 Å². The third kappa shape index (κ3) is 6.54. The Morgan fingerprint density at radius 2 is 1.83 bits per heavy atom. The zero-order chi connectivity index (χ0) is 17.2. The highest BCUT2D eigenvalue weighted by molar-refractivity contribution is 6.28. The molecule has 0 atom stereocenters. The molecule has 5 nitrogen and oxygen atoms in total. The van der Waals surface area contributed by atoms with Crippen LogP contribution in [0.4, 0.5) is 5.82 Å². The average Bonchev–Trinajstić information content (AvgIpc) is 3.27. The Hall–Kier alpha value is -0.910. The van der Waals surface area contributed by atoms with Gasteiger partial charge in [-0.3, -0.25) is 0 Å². The standard InChI is InChI=1S/C14H23ClN4.C4H8O/c1-3-12-11(2)17-14(15)18-13(12)16-7-6-10-19-8-4-5-9-19;1-2-4-5-3-1/h3-10H2,1-2H3,(H,16,17,18);1-4H2. The fourth-order valence-corrected chi connectivity index (χ4v) is 3.37. The summed E-state index contributed by atoms with van der Waals surface area (Å²) in [7, 11) is 0. The number of nitrogens with one attached hydrogen (secondary N) is 1. The number of hydrogen-bond donors (Lipinski definition) is 1. The Bertz CT molecular complexity index is 481. The van der Waals surface area contributed by atoms with Gasteiger partial charge in [-0.25, -0.2) is 9.97 Å². The van der Waals surface area contributed by atoms with Crippen molar-refractivity contribution in [2.45, 2.75) is 52.4 Å². The van der Waals surface area contributed by atoms with Crippen molar-refractivity contribution in [3.05, 3.63) is 16.5 Å². The van der Waals surface area contributed by atoms with Gasteiger partial charge in [-0.15, -0.1) is 0 Å². The summed E-state index contributed by atoms with van der Waals surface area (Å²) in [6.07, 6.45) is 7.34. The molecule has 0 aliphatic carbocycles. The van der Waals surface area contributed by atoms with Gasteiger partial charge in [0.15, 0.2) is 0 Å². The van der Waals surface area contributed by atoms with Crippen LogP contribution in [0, 0.1) is 6.92 Å². The molecule has 2 aliphatic heterocycles. The molecular weight excluding hydrogens is 324 g/mol. The van der Waals surface area contributed by atoms with Gasteiger partial charge < -0.3 is 15.0 Å². The molecule has 3 heterocycles. The van der Waals surface area contributed by atoms with Crippen molar-refractivity contribution in [2.75, 3.05) is 44.7 Å². The molecule has 2 aliphatic rings. The number of aromatic nitrogens is 2. The van der Waals surface area contributed by atoms with E-state index in [2.05, 4.69) is 27.1 Å². The van der Waals surface area contributed by atoms with Gasteiger partial charge in [0.05, 0.1) is 0 Å². The normalized spacial score (nSPS) is 17.6. The summed E-state index contributed by atoms with van der Waals surface area (Å²) in [6, 6.07) is 0. The van der Waals surface area contributed by atoms with E-state index in [0.29, 0.717) is 5.28 Å². The smallest absolute Gasteiger partial charge is 0.224 e. The number of halogens is 1. The minimum absolute atomic E-state index is 0.330. The highest BCUT2D eigenvalue weighted by atomic mass is 35.5. The van der Waals surface area contributed by atoms with Crippen molar-refractivity contribution in [2.24, 2.45) is 0 Å². The predicted molar refractivity (Wildman–Crippen MR) is 100.0 cm³/mol. The first kappa shape index (κ1) is 19.4. The van der Waals surface area contributed by atoms with Gasteiger partial charge in [0.1, 0.15) is 5.82 Å². The summed E-state index contributed by atoms with van der Waals surface area (Å²) in [5, 5.41) is 3.74. The quantitative estimate of drug-likeness (QED) is 0.623. The third-order valence-corrected chi connectivity index (χ3v) is 4.68. The average molecular weight is 355 g/mol. The van der Waals surface area contributed by atoms with Gasteiger partial charge in [-0.05, 0) is 76.7 Å². The maximum atomic E-state index is 5.93. The van der Waals surface area contributed by atoms with E-state index in [0.717, 1.165) is 44.1 Å². The van der Waals surface area contributed by atoms with Gasteiger partial charge in [-0.1, -0.05) is 6.92 Å². The van der Waals surface area contributed by atoms with Crippen molar-refractivity contribution >= 4 is 17.4 Å². The largest absolute Gasteiger partial charge is 0.381 e. The Kier molecular flexibility index (Phi) is 8.78. The lowest BCUT2D eigenvalue weighted by Crippen LogP contribution is -2.22. The lowest BCUT2D eigenvalue weighted by atomic mass is 10.1. The summed E-state index contributed by atoms with van der Waals surface area (Å²) < 4.78 is 4.94. The van der Waals surface area contributed by atoms with Crippen molar-refractivity contribution in [3.8, 4) is 0 Å². The van der Waals surface area contributed by atoms with Gasteiger partial charge in [0, 0.05) is 31.0 Å². The van der Waals surface area contributed by atoms with Crippen molar-refractivity contribution in [3.63, 3.8) is 0 Å². The Balaban J connectivity index is 0.000000355. The second kappa shape index (κ2) is 10.9. The second-order valence-electron chi connectivity index (χ2n) is 6.41. The van der Waals surface area contributed by atoms with Gasteiger partial charge in [-0.2, -0.15) is 0 Å². The summed E-state index contributed by atoms with van der Waals surface area (Å²) in [5.41, 5.74) is 2.15. The first-order valence-electron chi connectivity index (χ1n) is 9.27. The van der Waals surface area contributed by atoms with E-state index in [-0.39, 0.29) is 0 Å². The summed E-state index contributed by atoms with van der Waals surface area (Å²) in [5.74, 6) is 0.904. The molecule has 3 rings (SSSR count). The van der Waals surface area contributed by atoms with Crippen LogP contribution in [0.2, 0.25) is 5.28 Å². The zero-order valence-corrected chi connectivity index (χ0v) is 15.9. The number of ether oxygens (including phenoxy) is 1. The molecule has 1 aromatic heterocycles. The van der Waals surface area contributed by atoms with Crippen molar-refractivity contribution in [1.82, 2.24) is 14.9 Å². The first-order valence-corrected chi connectivity index (χ1v) is 9.65. The van der Waals surface area contributed by atoms with Crippen LogP contribution in [-0.4, -0.2) is 54.3 Å². The van der Waals surface area contributed by atoms with Crippen LogP contribution in [-0.2, 0) is 11.2 Å². The van der Waals surface area contributed by atoms with Crippen molar-refractivity contribution < 1.29 is 4.74 Å². The zero-order valence-electron chi connectivity index (χ0n) is 15.1. The van der Waals surface area contributed by atoms with Crippen LogP contribution < -0.4 is 5.32 Å². The van der Waals surface area contributed by atoms with E-state index in [4.69, 9.17) is 16.3 Å². The molecule has 2 saturated heterocycles. The number of rotatable bonds is 6. The number of likely N-dealkylation sites (tertiary alicyclic amines) is 1. The highest BCUT2D eigenvalue weighted by Crippen LogP contribution is 2.19. The molecule has 0 radical (unpaired) electrons. The lowest BCUT2D eigenvalue weighted by Gasteiger charge is -2.16. The number of aryl methyl sites for hydroxylation is 1. The van der Waals surface area contributed by atoms with Crippen LogP contribution in [0.15, 0.2) is 0 Å². The fourth-order valence-electron chi connectivity index (χ4n) is 3.16. The van der Waals surface area contributed by atoms with Crippen LogP contribution in [0.3, 0.4) is 0 Å². The molecule has 24 heavy (non-hydrogen) atoms. The Labute approximate surface area is 151 Å². The number of anilines is 1. The topological polar surface area (TPSA) is 50.3 Å². The van der Waals surface area contributed by atoms with E-state index in [1.807, 2.05) is 6.92 Å². The maximum Gasteiger partial charge on any atom is 0.224 e. The predicted octanol–water partition coefficient (Wildman–Crippen LogP) is 3.70. The molecule has 0 aromatic carbocycles. The molecule has 1 N–H and O–H groups in total. The molecule has 2 fully saturated rings. The highest BCUT2D eigenvalue weighted by Gasteiger charge is 2.11. The molecule has 0 bridgehead atoms. The number of hydrogen-bond acceptors (Lipinski definition) is 5. The third-order valence-electron chi connectivity index (χ3n) is 4.51. The van der Waals surface area contributed by atoms with Gasteiger partial charge in [0.25, 0.3) is 0 Å². The minimum atomic E-state index is 0.330. The SMILES string of the molecule is C1CCOC1.CCc1c(C)nc(Cl)nc1NCCCN1CCCC1. The minimum Gasteiger partial charge on any atom is -0.381 e. The van der Waals surface area contributed by atoms with E-state index in [1.54, 1.807) is 0 Å². The molecule has 0 saturated carbocycles. The Morgan fingerprint density at radius 3 is 2.42 bits per heavy atom. The van der Waals surface area contributed by atoms with E-state index < -0.39 is 0 Å². The summed E-state index contributed by atoms with van der Waals surface area (Å²) >= 11 is 5.93. The fraction of sp³-hybridized carbons (Fsp3) is 0.778.